The second-order valence-electron chi connectivity index (χ2n) is 3.49. The highest BCUT2D eigenvalue weighted by atomic mass is 16.2. The van der Waals surface area contributed by atoms with E-state index in [9.17, 15) is 9.59 Å². The monoisotopic (exact) mass is 224 g/mol. The summed E-state index contributed by atoms with van der Waals surface area (Å²) in [5, 5.41) is 11.3. The molecule has 0 unspecified atom stereocenters. The third-order valence-electron chi connectivity index (χ3n) is 2.20. The molecule has 0 atom stereocenters. The molecule has 5 nitrogen and oxygen atoms in total. The van der Waals surface area contributed by atoms with E-state index in [4.69, 9.17) is 5.11 Å². The molecule has 1 aromatic rings. The van der Waals surface area contributed by atoms with Gasteiger partial charge in [-0.1, -0.05) is 0 Å². The van der Waals surface area contributed by atoms with Crippen molar-refractivity contribution in [1.29, 1.82) is 0 Å². The van der Waals surface area contributed by atoms with Crippen LogP contribution in [0.25, 0.3) is 0 Å². The maximum Gasteiger partial charge on any atom is 0.267 e. The molecule has 1 rings (SSSR count). The van der Waals surface area contributed by atoms with Gasteiger partial charge in [0, 0.05) is 13.2 Å². The number of aliphatic hydroxyl groups excluding tert-OH is 1. The fourth-order valence-corrected chi connectivity index (χ4v) is 1.32. The molecule has 0 aliphatic rings. The molecule has 0 aliphatic carbocycles. The van der Waals surface area contributed by atoms with Gasteiger partial charge in [0.05, 0.1) is 5.69 Å². The molecule has 0 saturated heterocycles. The van der Waals surface area contributed by atoms with E-state index >= 15 is 0 Å². The van der Waals surface area contributed by atoms with Crippen molar-refractivity contribution >= 4 is 12.2 Å². The Balaban J connectivity index is 2.27. The van der Waals surface area contributed by atoms with E-state index in [1.54, 1.807) is 12.1 Å². The number of hydrogen-bond donors (Lipinski definition) is 3. The number of rotatable bonds is 7. The lowest BCUT2D eigenvalue weighted by Crippen LogP contribution is -2.24. The molecule has 0 aromatic carbocycles. The standard InChI is InChI=1S/C11H16N2O3/c14-7-3-1-2-6-12-11(16)10-5-4-9(8-15)13-10/h4-5,8,13-14H,1-3,6-7H2,(H,12,16). The van der Waals surface area contributed by atoms with Gasteiger partial charge in [0.2, 0.25) is 0 Å². The third kappa shape index (κ3) is 3.86. The number of hydrogen-bond acceptors (Lipinski definition) is 3. The zero-order valence-electron chi connectivity index (χ0n) is 9.03. The van der Waals surface area contributed by atoms with Crippen LogP contribution in [-0.4, -0.2) is 35.4 Å². The van der Waals surface area contributed by atoms with Gasteiger partial charge in [0.15, 0.2) is 6.29 Å². The Morgan fingerprint density at radius 1 is 1.38 bits per heavy atom. The van der Waals surface area contributed by atoms with Gasteiger partial charge < -0.3 is 15.4 Å². The maximum atomic E-state index is 11.5. The number of aromatic amines is 1. The molecule has 3 N–H and O–H groups in total. The molecule has 1 aromatic heterocycles. The first-order chi connectivity index (χ1) is 7.77. The molecule has 0 fully saturated rings. The van der Waals surface area contributed by atoms with E-state index in [0.29, 0.717) is 24.2 Å². The minimum Gasteiger partial charge on any atom is -0.396 e. The number of unbranched alkanes of at least 4 members (excludes halogenated alkanes) is 2. The summed E-state index contributed by atoms with van der Waals surface area (Å²) in [6.07, 6.45) is 3.15. The van der Waals surface area contributed by atoms with Crippen LogP contribution in [0.15, 0.2) is 12.1 Å². The number of aldehydes is 1. The normalized spacial score (nSPS) is 10.1. The minimum absolute atomic E-state index is 0.188. The van der Waals surface area contributed by atoms with Crippen LogP contribution >= 0.6 is 0 Å². The first kappa shape index (κ1) is 12.4. The van der Waals surface area contributed by atoms with E-state index in [1.165, 1.54) is 0 Å². The summed E-state index contributed by atoms with van der Waals surface area (Å²) in [4.78, 5) is 24.6. The van der Waals surface area contributed by atoms with Gasteiger partial charge in [0.25, 0.3) is 5.91 Å². The van der Waals surface area contributed by atoms with Gasteiger partial charge >= 0.3 is 0 Å². The van der Waals surface area contributed by atoms with Gasteiger partial charge in [-0.05, 0) is 31.4 Å². The van der Waals surface area contributed by atoms with E-state index in [2.05, 4.69) is 10.3 Å². The zero-order valence-corrected chi connectivity index (χ0v) is 9.03. The average molecular weight is 224 g/mol. The number of carbonyl (C=O) groups is 2. The SMILES string of the molecule is O=Cc1ccc(C(=O)NCCCCCO)[nH]1. The van der Waals surface area contributed by atoms with Gasteiger partial charge in [-0.15, -0.1) is 0 Å². The fraction of sp³-hybridized carbons (Fsp3) is 0.455. The number of carbonyl (C=O) groups excluding carboxylic acids is 2. The Bertz CT molecular complexity index is 347. The molecular formula is C11H16N2O3. The van der Waals surface area contributed by atoms with Crippen molar-refractivity contribution in [2.45, 2.75) is 19.3 Å². The Kier molecular flexibility index (Phi) is 5.28. The van der Waals surface area contributed by atoms with E-state index in [1.807, 2.05) is 0 Å². The molecule has 0 bridgehead atoms. The van der Waals surface area contributed by atoms with Crippen molar-refractivity contribution in [3.63, 3.8) is 0 Å². The molecule has 16 heavy (non-hydrogen) atoms. The van der Waals surface area contributed by atoms with Gasteiger partial charge in [-0.3, -0.25) is 9.59 Å². The van der Waals surface area contributed by atoms with Crippen LogP contribution in [0, 0.1) is 0 Å². The zero-order chi connectivity index (χ0) is 11.8. The largest absolute Gasteiger partial charge is 0.396 e. The van der Waals surface area contributed by atoms with E-state index in [-0.39, 0.29) is 12.5 Å². The second-order valence-corrected chi connectivity index (χ2v) is 3.49. The third-order valence-corrected chi connectivity index (χ3v) is 2.20. The molecule has 0 spiro atoms. The number of aliphatic hydroxyl groups is 1. The number of amides is 1. The first-order valence-corrected chi connectivity index (χ1v) is 5.31. The van der Waals surface area contributed by atoms with Crippen LogP contribution in [0.4, 0.5) is 0 Å². The summed E-state index contributed by atoms with van der Waals surface area (Å²) in [6.45, 7) is 0.765. The van der Waals surface area contributed by atoms with Gasteiger partial charge in [0.1, 0.15) is 5.69 Å². The Hall–Kier alpha value is -1.62. The highest BCUT2D eigenvalue weighted by molar-refractivity contribution is 5.93. The predicted molar refractivity (Wildman–Crippen MR) is 59.5 cm³/mol. The molecule has 5 heteroatoms. The highest BCUT2D eigenvalue weighted by Crippen LogP contribution is 1.99. The van der Waals surface area contributed by atoms with Crippen molar-refractivity contribution in [2.75, 3.05) is 13.2 Å². The first-order valence-electron chi connectivity index (χ1n) is 5.31. The molecule has 1 amide bonds. The summed E-state index contributed by atoms with van der Waals surface area (Å²) in [7, 11) is 0. The number of aromatic nitrogens is 1. The Labute approximate surface area is 93.9 Å². The molecular weight excluding hydrogens is 208 g/mol. The quantitative estimate of drug-likeness (QED) is 0.471. The van der Waals surface area contributed by atoms with Crippen molar-refractivity contribution in [2.24, 2.45) is 0 Å². The fourth-order valence-electron chi connectivity index (χ4n) is 1.32. The van der Waals surface area contributed by atoms with E-state index in [0.717, 1.165) is 19.3 Å². The maximum absolute atomic E-state index is 11.5. The lowest BCUT2D eigenvalue weighted by Gasteiger charge is -2.02. The van der Waals surface area contributed by atoms with Crippen LogP contribution < -0.4 is 5.32 Å². The lowest BCUT2D eigenvalue weighted by atomic mass is 10.2. The summed E-state index contributed by atoms with van der Waals surface area (Å²) in [5.74, 6) is -0.211. The van der Waals surface area contributed by atoms with Gasteiger partial charge in [-0.2, -0.15) is 0 Å². The minimum atomic E-state index is -0.211. The van der Waals surface area contributed by atoms with Crippen molar-refractivity contribution in [3.05, 3.63) is 23.5 Å². The molecule has 0 saturated carbocycles. The molecule has 0 aliphatic heterocycles. The molecule has 1 heterocycles. The van der Waals surface area contributed by atoms with Gasteiger partial charge in [-0.25, -0.2) is 0 Å². The summed E-state index contributed by atoms with van der Waals surface area (Å²) >= 11 is 0. The smallest absolute Gasteiger partial charge is 0.267 e. The highest BCUT2D eigenvalue weighted by Gasteiger charge is 2.06. The van der Waals surface area contributed by atoms with Crippen LogP contribution in [0.3, 0.4) is 0 Å². The second kappa shape index (κ2) is 6.79. The summed E-state index contributed by atoms with van der Waals surface area (Å²) in [5.41, 5.74) is 0.787. The van der Waals surface area contributed by atoms with Crippen LogP contribution in [0.1, 0.15) is 40.2 Å². The predicted octanol–water partition coefficient (Wildman–Crippen LogP) is 0.720. The van der Waals surface area contributed by atoms with Crippen LogP contribution in [-0.2, 0) is 0 Å². The van der Waals surface area contributed by atoms with E-state index < -0.39 is 0 Å². The van der Waals surface area contributed by atoms with Crippen LogP contribution in [0.2, 0.25) is 0 Å². The molecule has 0 radical (unpaired) electrons. The average Bonchev–Trinajstić information content (AvgIpc) is 2.77. The summed E-state index contributed by atoms with van der Waals surface area (Å²) in [6, 6.07) is 3.14. The van der Waals surface area contributed by atoms with Crippen LogP contribution in [0.5, 0.6) is 0 Å². The molecule has 88 valence electrons. The topological polar surface area (TPSA) is 82.2 Å². The Morgan fingerprint density at radius 3 is 2.81 bits per heavy atom. The number of H-pyrrole nitrogens is 1. The van der Waals surface area contributed by atoms with Crippen molar-refractivity contribution in [1.82, 2.24) is 10.3 Å². The lowest BCUT2D eigenvalue weighted by molar-refractivity contribution is 0.0948. The Morgan fingerprint density at radius 2 is 2.19 bits per heavy atom. The number of nitrogens with one attached hydrogen (secondary N) is 2. The summed E-state index contributed by atoms with van der Waals surface area (Å²) < 4.78 is 0. The van der Waals surface area contributed by atoms with Crippen molar-refractivity contribution < 1.29 is 14.7 Å². The van der Waals surface area contributed by atoms with Crippen molar-refractivity contribution in [3.8, 4) is 0 Å².